The van der Waals surface area contributed by atoms with Crippen molar-refractivity contribution in [1.29, 1.82) is 0 Å². The first-order valence-electron chi connectivity index (χ1n) is 6.06. The summed E-state index contributed by atoms with van der Waals surface area (Å²) in [6, 6.07) is 3.06. The Morgan fingerprint density at radius 1 is 1.39 bits per heavy atom. The lowest BCUT2D eigenvalue weighted by molar-refractivity contribution is 0.0689. The Bertz CT molecular complexity index is 456. The van der Waals surface area contributed by atoms with Crippen LogP contribution in [0.4, 0.5) is 0 Å². The van der Waals surface area contributed by atoms with Gasteiger partial charge in [0.15, 0.2) is 0 Å². The Hall–Kier alpha value is -1.91. The van der Waals surface area contributed by atoms with Crippen LogP contribution in [0, 0.1) is 5.92 Å². The molecule has 1 amide bonds. The van der Waals surface area contributed by atoms with Gasteiger partial charge in [-0.3, -0.25) is 4.79 Å². The highest BCUT2D eigenvalue weighted by Crippen LogP contribution is 2.24. The smallest absolute Gasteiger partial charge is 0.354 e. The van der Waals surface area contributed by atoms with Crippen molar-refractivity contribution in [3.05, 3.63) is 29.6 Å². The highest BCUT2D eigenvalue weighted by molar-refractivity contribution is 5.95. The molecular weight excluding hydrogens is 232 g/mol. The second-order valence-corrected chi connectivity index (χ2v) is 4.83. The molecule has 18 heavy (non-hydrogen) atoms. The Kier molecular flexibility index (Phi) is 3.60. The maximum absolute atomic E-state index is 11.9. The summed E-state index contributed by atoms with van der Waals surface area (Å²) in [6.45, 7) is 2.18. The molecule has 1 heterocycles. The molecule has 2 N–H and O–H groups in total. The van der Waals surface area contributed by atoms with Gasteiger partial charge in [0, 0.05) is 12.2 Å². The zero-order chi connectivity index (χ0) is 13.1. The van der Waals surface area contributed by atoms with E-state index in [-0.39, 0.29) is 17.6 Å². The molecule has 1 fully saturated rings. The third-order valence-electron chi connectivity index (χ3n) is 3.27. The molecule has 1 aliphatic rings. The van der Waals surface area contributed by atoms with Gasteiger partial charge in [-0.2, -0.15) is 0 Å². The summed E-state index contributed by atoms with van der Waals surface area (Å²) in [4.78, 5) is 26.3. The van der Waals surface area contributed by atoms with Crippen LogP contribution in [0.3, 0.4) is 0 Å². The van der Waals surface area contributed by atoms with Crippen LogP contribution >= 0.6 is 0 Å². The minimum atomic E-state index is -1.09. The van der Waals surface area contributed by atoms with E-state index >= 15 is 0 Å². The predicted molar refractivity (Wildman–Crippen MR) is 65.5 cm³/mol. The van der Waals surface area contributed by atoms with Crippen LogP contribution in [0.1, 0.15) is 47.0 Å². The van der Waals surface area contributed by atoms with Gasteiger partial charge >= 0.3 is 5.97 Å². The third-order valence-corrected chi connectivity index (χ3v) is 3.27. The van der Waals surface area contributed by atoms with Gasteiger partial charge < -0.3 is 10.4 Å². The molecule has 0 aromatic carbocycles. The molecule has 2 unspecified atom stereocenters. The summed E-state index contributed by atoms with van der Waals surface area (Å²) in [6.07, 6.45) is 4.46. The van der Waals surface area contributed by atoms with Crippen LogP contribution in [0.2, 0.25) is 0 Å². The minimum Gasteiger partial charge on any atom is -0.477 e. The van der Waals surface area contributed by atoms with Crippen molar-refractivity contribution in [2.24, 2.45) is 5.92 Å². The first kappa shape index (κ1) is 12.5. The molecule has 5 heteroatoms. The maximum atomic E-state index is 11.9. The van der Waals surface area contributed by atoms with E-state index in [9.17, 15) is 9.59 Å². The van der Waals surface area contributed by atoms with E-state index in [1.165, 1.54) is 18.3 Å². The average Bonchev–Trinajstić information content (AvgIpc) is 2.75. The summed E-state index contributed by atoms with van der Waals surface area (Å²) in [5.74, 6) is -0.618. The van der Waals surface area contributed by atoms with E-state index in [2.05, 4.69) is 17.2 Å². The number of nitrogens with zero attached hydrogens (tertiary/aromatic N) is 1. The van der Waals surface area contributed by atoms with E-state index in [1.807, 2.05) is 0 Å². The summed E-state index contributed by atoms with van der Waals surface area (Å²) < 4.78 is 0. The van der Waals surface area contributed by atoms with E-state index in [0.29, 0.717) is 11.5 Å². The number of nitrogens with one attached hydrogen (secondary N) is 1. The lowest BCUT2D eigenvalue weighted by Crippen LogP contribution is -2.33. The Balaban J connectivity index is 1.98. The number of carbonyl (C=O) groups excluding carboxylic acids is 1. The van der Waals surface area contributed by atoms with Crippen molar-refractivity contribution in [3.63, 3.8) is 0 Å². The van der Waals surface area contributed by atoms with Crippen LogP contribution in [-0.2, 0) is 0 Å². The number of aromatic carboxylic acids is 1. The zero-order valence-electron chi connectivity index (χ0n) is 10.2. The van der Waals surface area contributed by atoms with Gasteiger partial charge in [0.2, 0.25) is 0 Å². The molecule has 5 nitrogen and oxygen atoms in total. The van der Waals surface area contributed by atoms with Crippen LogP contribution in [0.25, 0.3) is 0 Å². The zero-order valence-corrected chi connectivity index (χ0v) is 10.2. The molecule has 0 bridgehead atoms. The van der Waals surface area contributed by atoms with Gasteiger partial charge in [-0.1, -0.05) is 6.92 Å². The molecule has 1 saturated carbocycles. The molecule has 1 aliphatic carbocycles. The van der Waals surface area contributed by atoms with Gasteiger partial charge in [-0.25, -0.2) is 9.78 Å². The quantitative estimate of drug-likeness (QED) is 0.853. The highest BCUT2D eigenvalue weighted by atomic mass is 16.4. The van der Waals surface area contributed by atoms with Crippen molar-refractivity contribution in [3.8, 4) is 0 Å². The fourth-order valence-electron chi connectivity index (χ4n) is 2.26. The number of rotatable bonds is 3. The van der Waals surface area contributed by atoms with Gasteiger partial charge in [-0.05, 0) is 37.3 Å². The lowest BCUT2D eigenvalue weighted by Gasteiger charge is -2.12. The molecule has 1 aromatic heterocycles. The summed E-state index contributed by atoms with van der Waals surface area (Å²) in [5.41, 5.74) is 0.348. The van der Waals surface area contributed by atoms with Crippen LogP contribution in [-0.4, -0.2) is 28.0 Å². The molecule has 2 atom stereocenters. The Morgan fingerprint density at radius 3 is 2.67 bits per heavy atom. The number of amides is 1. The second-order valence-electron chi connectivity index (χ2n) is 4.83. The number of carboxylic acids is 1. The standard InChI is InChI=1S/C13H16N2O3/c1-8-2-4-10(6-8)15-12(16)9-3-5-11(13(17)18)14-7-9/h3,5,7-8,10H,2,4,6H2,1H3,(H,15,16)(H,17,18). The van der Waals surface area contributed by atoms with Gasteiger partial charge in [0.1, 0.15) is 5.69 Å². The van der Waals surface area contributed by atoms with E-state index < -0.39 is 5.97 Å². The monoisotopic (exact) mass is 248 g/mol. The highest BCUT2D eigenvalue weighted by Gasteiger charge is 2.23. The number of carboxylic acid groups (broad SMARTS) is 1. The average molecular weight is 248 g/mol. The Labute approximate surface area is 105 Å². The predicted octanol–water partition coefficient (Wildman–Crippen LogP) is 1.70. The third kappa shape index (κ3) is 2.85. The second kappa shape index (κ2) is 5.16. The fraction of sp³-hybridized carbons (Fsp3) is 0.462. The van der Waals surface area contributed by atoms with E-state index in [4.69, 9.17) is 5.11 Å². The lowest BCUT2D eigenvalue weighted by atomic mass is 10.1. The summed E-state index contributed by atoms with van der Waals surface area (Å²) >= 11 is 0. The topological polar surface area (TPSA) is 79.3 Å². The Morgan fingerprint density at radius 2 is 2.17 bits per heavy atom. The molecule has 96 valence electrons. The van der Waals surface area contributed by atoms with E-state index in [1.54, 1.807) is 0 Å². The molecular formula is C13H16N2O3. The van der Waals surface area contributed by atoms with Crippen LogP contribution in [0.15, 0.2) is 18.3 Å². The number of pyridine rings is 1. The fourth-order valence-corrected chi connectivity index (χ4v) is 2.26. The number of hydrogen-bond donors (Lipinski definition) is 2. The maximum Gasteiger partial charge on any atom is 0.354 e. The molecule has 0 saturated heterocycles. The summed E-state index contributed by atoms with van der Waals surface area (Å²) in [7, 11) is 0. The van der Waals surface area contributed by atoms with Crippen molar-refractivity contribution in [2.75, 3.05) is 0 Å². The van der Waals surface area contributed by atoms with Crippen LogP contribution < -0.4 is 5.32 Å². The molecule has 0 aliphatic heterocycles. The van der Waals surface area contributed by atoms with Crippen molar-refractivity contribution in [1.82, 2.24) is 10.3 Å². The first-order chi connectivity index (χ1) is 8.56. The van der Waals surface area contributed by atoms with Gasteiger partial charge in [0.05, 0.1) is 5.56 Å². The summed E-state index contributed by atoms with van der Waals surface area (Å²) in [5, 5.41) is 11.7. The SMILES string of the molecule is CC1CCC(NC(=O)c2ccc(C(=O)O)nc2)C1. The largest absolute Gasteiger partial charge is 0.477 e. The van der Waals surface area contributed by atoms with E-state index in [0.717, 1.165) is 19.3 Å². The number of hydrogen-bond acceptors (Lipinski definition) is 3. The molecule has 2 rings (SSSR count). The molecule has 0 spiro atoms. The number of carbonyl (C=O) groups is 2. The van der Waals surface area contributed by atoms with Gasteiger partial charge in [-0.15, -0.1) is 0 Å². The minimum absolute atomic E-state index is 0.0546. The normalized spacial score (nSPS) is 22.7. The molecule has 1 aromatic rings. The van der Waals surface area contributed by atoms with Crippen molar-refractivity contribution in [2.45, 2.75) is 32.2 Å². The molecule has 0 radical (unpaired) electrons. The first-order valence-corrected chi connectivity index (χ1v) is 6.06. The number of aromatic nitrogens is 1. The van der Waals surface area contributed by atoms with Crippen molar-refractivity contribution < 1.29 is 14.7 Å². The van der Waals surface area contributed by atoms with Crippen LogP contribution in [0.5, 0.6) is 0 Å². The van der Waals surface area contributed by atoms with Crippen molar-refractivity contribution >= 4 is 11.9 Å². The van der Waals surface area contributed by atoms with Gasteiger partial charge in [0.25, 0.3) is 5.91 Å².